The van der Waals surface area contributed by atoms with Crippen LogP contribution in [0.15, 0.2) is 12.2 Å². The molecule has 9 nitrogen and oxygen atoms in total. The van der Waals surface area contributed by atoms with Crippen molar-refractivity contribution in [2.24, 2.45) is 0 Å². The quantitative estimate of drug-likeness (QED) is 0.0357. The van der Waals surface area contributed by atoms with Gasteiger partial charge in [0.15, 0.2) is 6.29 Å². The molecule has 1 fully saturated rings. The van der Waals surface area contributed by atoms with Crippen LogP contribution in [0.2, 0.25) is 0 Å². The minimum Gasteiger partial charge on any atom is -0.394 e. The van der Waals surface area contributed by atoms with Crippen molar-refractivity contribution in [2.45, 2.75) is 211 Å². The molecule has 0 aromatic rings. The number of carbonyl (C=O) groups excluding carboxylic acids is 1. The molecule has 6 N–H and O–H groups in total. The molecule has 1 rings (SSSR count). The summed E-state index contributed by atoms with van der Waals surface area (Å²) in [7, 11) is 0. The van der Waals surface area contributed by atoms with Gasteiger partial charge in [0, 0.05) is 6.42 Å². The Bertz CT molecular complexity index is 751. The number of unbranched alkanes of at least 4 members (excludes halogenated alkanes) is 21. The molecule has 0 saturated carbocycles. The molecule has 0 aliphatic carbocycles. The van der Waals surface area contributed by atoms with Crippen LogP contribution in [-0.2, 0) is 14.3 Å². The van der Waals surface area contributed by atoms with Crippen LogP contribution in [0.1, 0.15) is 168 Å². The zero-order valence-corrected chi connectivity index (χ0v) is 30.0. The van der Waals surface area contributed by atoms with E-state index in [0.29, 0.717) is 6.42 Å². The van der Waals surface area contributed by atoms with Gasteiger partial charge in [-0.2, -0.15) is 0 Å². The minimum absolute atomic E-state index is 0.181. The van der Waals surface area contributed by atoms with E-state index in [2.05, 4.69) is 19.2 Å². The minimum atomic E-state index is -1.56. The monoisotopic (exact) mass is 672 g/mol. The van der Waals surface area contributed by atoms with Gasteiger partial charge in [0.2, 0.25) is 5.91 Å². The van der Waals surface area contributed by atoms with Gasteiger partial charge in [-0.25, -0.2) is 0 Å². The fourth-order valence-corrected chi connectivity index (χ4v) is 6.15. The Hall–Kier alpha value is -1.07. The van der Waals surface area contributed by atoms with Gasteiger partial charge in [-0.05, 0) is 19.3 Å². The molecule has 47 heavy (non-hydrogen) atoms. The zero-order valence-electron chi connectivity index (χ0n) is 30.0. The van der Waals surface area contributed by atoms with Crippen LogP contribution >= 0.6 is 0 Å². The molecule has 1 amide bonds. The normalized spacial score (nSPS) is 22.9. The number of carbonyl (C=O) groups is 1. The summed E-state index contributed by atoms with van der Waals surface area (Å²) in [5.74, 6) is -0.181. The number of aliphatic hydroxyl groups excluding tert-OH is 5. The van der Waals surface area contributed by atoms with Gasteiger partial charge in [0.25, 0.3) is 0 Å². The first-order valence-electron chi connectivity index (χ1n) is 19.4. The fourth-order valence-electron chi connectivity index (χ4n) is 6.15. The molecular formula is C38H73NO8. The predicted octanol–water partition coefficient (Wildman–Crippen LogP) is 6.61. The summed E-state index contributed by atoms with van der Waals surface area (Å²) in [4.78, 5) is 12.8. The molecule has 1 saturated heterocycles. The van der Waals surface area contributed by atoms with Crippen molar-refractivity contribution in [2.75, 3.05) is 13.2 Å². The van der Waals surface area contributed by atoms with E-state index in [1.54, 1.807) is 6.08 Å². The largest absolute Gasteiger partial charge is 0.394 e. The topological polar surface area (TPSA) is 149 Å². The standard InChI is InChI=1S/C38H73NO8/c1-3-5-7-9-11-13-14-15-16-17-18-20-21-23-25-27-32(41)31(30-46-38-37(45)36(44)35(43)33(29-40)47-38)39-34(42)28-26-24-22-19-12-10-8-6-4-2/h25,27,31-33,35-38,40-41,43-45H,3-24,26,28-30H2,1-2H3,(H,39,42)/b27-25+/t31-,32+,33+,35-,36?,37?,38+/m0/s1. The number of allylic oxidation sites excluding steroid dienone is 1. The second-order valence-electron chi connectivity index (χ2n) is 13.7. The van der Waals surface area contributed by atoms with Crippen molar-refractivity contribution < 1.29 is 39.8 Å². The number of amides is 1. The maximum absolute atomic E-state index is 12.8. The van der Waals surface area contributed by atoms with E-state index >= 15 is 0 Å². The van der Waals surface area contributed by atoms with E-state index in [-0.39, 0.29) is 12.5 Å². The highest BCUT2D eigenvalue weighted by molar-refractivity contribution is 5.76. The van der Waals surface area contributed by atoms with E-state index < -0.39 is 49.5 Å². The number of ether oxygens (including phenoxy) is 2. The van der Waals surface area contributed by atoms with Gasteiger partial charge < -0.3 is 40.3 Å². The summed E-state index contributed by atoms with van der Waals surface area (Å²) in [5, 5.41) is 53.8. The Labute approximate surface area is 286 Å². The molecule has 1 aliphatic rings. The summed E-state index contributed by atoms with van der Waals surface area (Å²) in [5.41, 5.74) is 0. The van der Waals surface area contributed by atoms with Gasteiger partial charge in [-0.1, -0.05) is 154 Å². The van der Waals surface area contributed by atoms with Crippen molar-refractivity contribution in [1.82, 2.24) is 5.32 Å². The molecule has 0 radical (unpaired) electrons. The Morgan fingerprint density at radius 1 is 0.702 bits per heavy atom. The van der Waals surface area contributed by atoms with Gasteiger partial charge in [-0.15, -0.1) is 0 Å². The first kappa shape index (κ1) is 44.0. The van der Waals surface area contributed by atoms with Crippen molar-refractivity contribution in [3.8, 4) is 0 Å². The Morgan fingerprint density at radius 2 is 1.17 bits per heavy atom. The van der Waals surface area contributed by atoms with Crippen molar-refractivity contribution in [1.29, 1.82) is 0 Å². The summed E-state index contributed by atoms with van der Waals surface area (Å²) in [6.07, 6.45) is 24.0. The number of rotatable bonds is 31. The predicted molar refractivity (Wildman–Crippen MR) is 189 cm³/mol. The number of hydrogen-bond acceptors (Lipinski definition) is 8. The van der Waals surface area contributed by atoms with E-state index in [0.717, 1.165) is 38.5 Å². The molecule has 0 aromatic carbocycles. The molecule has 278 valence electrons. The molecule has 1 aliphatic heterocycles. The highest BCUT2D eigenvalue weighted by Crippen LogP contribution is 2.22. The summed E-state index contributed by atoms with van der Waals surface area (Å²) >= 11 is 0. The lowest BCUT2D eigenvalue weighted by molar-refractivity contribution is -0.302. The van der Waals surface area contributed by atoms with Crippen LogP contribution in [0.25, 0.3) is 0 Å². The molecule has 1 heterocycles. The first-order valence-corrected chi connectivity index (χ1v) is 19.4. The van der Waals surface area contributed by atoms with E-state index in [9.17, 15) is 30.3 Å². The molecule has 0 aromatic heterocycles. The third-order valence-electron chi connectivity index (χ3n) is 9.36. The second kappa shape index (κ2) is 29.8. The third kappa shape index (κ3) is 21.6. The van der Waals surface area contributed by atoms with Gasteiger partial charge in [0.1, 0.15) is 24.4 Å². The van der Waals surface area contributed by atoms with Gasteiger partial charge >= 0.3 is 0 Å². The molecular weight excluding hydrogens is 598 g/mol. The van der Waals surface area contributed by atoms with Crippen LogP contribution in [0.4, 0.5) is 0 Å². The number of hydrogen-bond donors (Lipinski definition) is 6. The van der Waals surface area contributed by atoms with E-state index in [4.69, 9.17) is 9.47 Å². The molecule has 7 atom stereocenters. The van der Waals surface area contributed by atoms with Crippen molar-refractivity contribution >= 4 is 5.91 Å². The Morgan fingerprint density at radius 3 is 1.66 bits per heavy atom. The van der Waals surface area contributed by atoms with Crippen molar-refractivity contribution in [3.63, 3.8) is 0 Å². The van der Waals surface area contributed by atoms with E-state index in [1.165, 1.54) is 109 Å². The van der Waals surface area contributed by atoms with E-state index in [1.807, 2.05) is 6.08 Å². The first-order chi connectivity index (χ1) is 22.8. The van der Waals surface area contributed by atoms with Crippen LogP contribution in [0, 0.1) is 0 Å². The lowest BCUT2D eigenvalue weighted by Crippen LogP contribution is -2.60. The molecule has 9 heteroatoms. The molecule has 2 unspecified atom stereocenters. The number of nitrogens with one attached hydrogen (secondary N) is 1. The Kier molecular flexibility index (Phi) is 27.9. The van der Waals surface area contributed by atoms with Crippen LogP contribution in [-0.4, -0.2) is 87.5 Å². The zero-order chi connectivity index (χ0) is 34.5. The number of aliphatic hydroxyl groups is 5. The highest BCUT2D eigenvalue weighted by Gasteiger charge is 2.44. The van der Waals surface area contributed by atoms with Gasteiger partial charge in [-0.3, -0.25) is 4.79 Å². The average Bonchev–Trinajstić information content (AvgIpc) is 3.07. The average molecular weight is 672 g/mol. The van der Waals surface area contributed by atoms with Crippen LogP contribution in [0.5, 0.6) is 0 Å². The lowest BCUT2D eigenvalue weighted by Gasteiger charge is -2.40. The molecule has 0 bridgehead atoms. The maximum Gasteiger partial charge on any atom is 0.220 e. The third-order valence-corrected chi connectivity index (χ3v) is 9.36. The molecule has 0 spiro atoms. The lowest BCUT2D eigenvalue weighted by atomic mass is 9.99. The fraction of sp³-hybridized carbons (Fsp3) is 0.921. The summed E-state index contributed by atoms with van der Waals surface area (Å²) < 4.78 is 11.1. The summed E-state index contributed by atoms with van der Waals surface area (Å²) in [6, 6.07) is -0.795. The SMILES string of the molecule is CCCCCCCCCCCCCCC/C=C/[C@@H](O)[C@H](CO[C@@H]1O[C@H](CO)[C@H](O)C(O)C1O)NC(=O)CCCCCCCCCCC. The highest BCUT2D eigenvalue weighted by atomic mass is 16.7. The summed E-state index contributed by atoms with van der Waals surface area (Å²) in [6.45, 7) is 3.73. The maximum atomic E-state index is 12.8. The van der Waals surface area contributed by atoms with Gasteiger partial charge in [0.05, 0.1) is 25.4 Å². The smallest absolute Gasteiger partial charge is 0.220 e. The Balaban J connectivity index is 2.44. The second-order valence-corrected chi connectivity index (χ2v) is 13.7. The van der Waals surface area contributed by atoms with Crippen LogP contribution < -0.4 is 5.32 Å². The van der Waals surface area contributed by atoms with Crippen LogP contribution in [0.3, 0.4) is 0 Å². The van der Waals surface area contributed by atoms with Crippen molar-refractivity contribution in [3.05, 3.63) is 12.2 Å².